The molecule has 1 aliphatic rings. The van der Waals surface area contributed by atoms with Gasteiger partial charge in [0.1, 0.15) is 0 Å². The molecule has 0 bridgehead atoms. The predicted octanol–water partition coefficient (Wildman–Crippen LogP) is 3.20. The molecule has 90 valence electrons. The number of amides is 1. The molecule has 1 heterocycles. The summed E-state index contributed by atoms with van der Waals surface area (Å²) in [4.78, 5) is 11.6. The summed E-state index contributed by atoms with van der Waals surface area (Å²) < 4.78 is 0. The third kappa shape index (κ3) is 1.61. The molecule has 2 heteroatoms. The second kappa shape index (κ2) is 3.98. The molecule has 2 aromatic rings. The minimum Gasteiger partial charge on any atom is -0.345 e. The Balaban J connectivity index is 2.05. The highest BCUT2D eigenvalue weighted by Gasteiger charge is 2.33. The maximum Gasteiger partial charge on any atom is 0.247 e. The Kier molecular flexibility index (Phi) is 2.44. The molecular formula is C16H15NO. The lowest BCUT2D eigenvalue weighted by atomic mass is 9.92. The lowest BCUT2D eigenvalue weighted by Crippen LogP contribution is -2.20. The summed E-state index contributed by atoms with van der Waals surface area (Å²) in [6.07, 6.45) is 0. The highest BCUT2D eigenvalue weighted by molar-refractivity contribution is 5.96. The lowest BCUT2D eigenvalue weighted by Gasteiger charge is -2.16. The first-order valence-electron chi connectivity index (χ1n) is 6.15. The minimum absolute atomic E-state index is 0.0272. The van der Waals surface area contributed by atoms with Crippen molar-refractivity contribution < 1.29 is 4.79 Å². The van der Waals surface area contributed by atoms with Gasteiger partial charge in [-0.15, -0.1) is 0 Å². The zero-order chi connectivity index (χ0) is 12.7. The zero-order valence-corrected chi connectivity index (χ0v) is 10.3. The quantitative estimate of drug-likeness (QED) is 0.758. The van der Waals surface area contributed by atoms with E-state index < -0.39 is 0 Å². The van der Waals surface area contributed by atoms with Crippen LogP contribution in [0.15, 0.2) is 54.6 Å². The molecule has 0 saturated carbocycles. The van der Waals surface area contributed by atoms with E-state index in [0.717, 1.165) is 5.56 Å². The van der Waals surface area contributed by atoms with Crippen molar-refractivity contribution in [3.05, 3.63) is 60.2 Å². The van der Waals surface area contributed by atoms with Gasteiger partial charge in [-0.3, -0.25) is 4.79 Å². The van der Waals surface area contributed by atoms with Gasteiger partial charge in [-0.05, 0) is 22.4 Å². The van der Waals surface area contributed by atoms with E-state index in [9.17, 15) is 4.79 Å². The van der Waals surface area contributed by atoms with E-state index >= 15 is 0 Å². The van der Waals surface area contributed by atoms with Gasteiger partial charge in [-0.1, -0.05) is 49.9 Å². The number of benzene rings is 2. The van der Waals surface area contributed by atoms with Gasteiger partial charge in [0, 0.05) is 11.5 Å². The first-order chi connectivity index (χ1) is 8.66. The first-order valence-corrected chi connectivity index (χ1v) is 6.15. The third-order valence-electron chi connectivity index (χ3n) is 3.76. The molecule has 0 aliphatic carbocycles. The second-order valence-electron chi connectivity index (χ2n) is 4.87. The summed E-state index contributed by atoms with van der Waals surface area (Å²) in [5.41, 5.74) is 1.82. The van der Waals surface area contributed by atoms with Crippen molar-refractivity contribution in [3.63, 3.8) is 0 Å². The van der Waals surface area contributed by atoms with Crippen LogP contribution in [0.1, 0.15) is 18.5 Å². The van der Waals surface area contributed by atoms with Gasteiger partial charge < -0.3 is 5.32 Å². The largest absolute Gasteiger partial charge is 0.345 e. The highest BCUT2D eigenvalue weighted by Crippen LogP contribution is 2.33. The summed E-state index contributed by atoms with van der Waals surface area (Å²) in [7, 11) is 0. The maximum atomic E-state index is 11.6. The Hall–Kier alpha value is -2.09. The molecule has 18 heavy (non-hydrogen) atoms. The predicted molar refractivity (Wildman–Crippen MR) is 73.1 cm³/mol. The molecule has 1 amide bonds. The van der Waals surface area contributed by atoms with Crippen molar-refractivity contribution in [2.75, 3.05) is 0 Å². The SMILES string of the molecule is C=C1C(=O)N[C@@H](c2ccc3ccccc3c2)[C@@H]1C. The van der Waals surface area contributed by atoms with Crippen LogP contribution in [0.5, 0.6) is 0 Å². The van der Waals surface area contributed by atoms with Gasteiger partial charge in [-0.2, -0.15) is 0 Å². The van der Waals surface area contributed by atoms with Gasteiger partial charge in [0.05, 0.1) is 6.04 Å². The molecule has 1 saturated heterocycles. The van der Waals surface area contributed by atoms with E-state index in [1.165, 1.54) is 10.8 Å². The van der Waals surface area contributed by atoms with E-state index in [0.29, 0.717) is 5.57 Å². The van der Waals surface area contributed by atoms with Gasteiger partial charge in [0.25, 0.3) is 0 Å². The van der Waals surface area contributed by atoms with Crippen LogP contribution in [0.2, 0.25) is 0 Å². The van der Waals surface area contributed by atoms with Crippen LogP contribution >= 0.6 is 0 Å². The standard InChI is InChI=1S/C16H15NO/c1-10-11(2)16(18)17-15(10)14-8-7-12-5-3-4-6-13(12)9-14/h3-10,15H,2H2,1H3,(H,17,18)/t10-,15-/m1/s1. The number of carbonyl (C=O) groups excluding carboxylic acids is 1. The molecular weight excluding hydrogens is 222 g/mol. The fraction of sp³-hybridized carbons (Fsp3) is 0.188. The average Bonchev–Trinajstić information content (AvgIpc) is 2.66. The molecule has 0 radical (unpaired) electrons. The number of hydrogen-bond acceptors (Lipinski definition) is 1. The zero-order valence-electron chi connectivity index (χ0n) is 10.3. The van der Waals surface area contributed by atoms with E-state index in [4.69, 9.17) is 0 Å². The highest BCUT2D eigenvalue weighted by atomic mass is 16.2. The van der Waals surface area contributed by atoms with Gasteiger partial charge in [0.15, 0.2) is 0 Å². The second-order valence-corrected chi connectivity index (χ2v) is 4.87. The number of fused-ring (bicyclic) bond motifs is 1. The molecule has 3 rings (SSSR count). The Morgan fingerprint density at radius 3 is 2.50 bits per heavy atom. The molecule has 0 aromatic heterocycles. The molecule has 1 N–H and O–H groups in total. The fourth-order valence-corrected chi connectivity index (χ4v) is 2.54. The van der Waals surface area contributed by atoms with Crippen molar-refractivity contribution in [3.8, 4) is 0 Å². The topological polar surface area (TPSA) is 29.1 Å². The summed E-state index contributed by atoms with van der Waals surface area (Å²) in [5.74, 6) is 0.124. The van der Waals surface area contributed by atoms with Gasteiger partial charge >= 0.3 is 0 Å². The lowest BCUT2D eigenvalue weighted by molar-refractivity contribution is -0.116. The normalized spacial score (nSPS) is 23.4. The third-order valence-corrected chi connectivity index (χ3v) is 3.76. The number of nitrogens with one attached hydrogen (secondary N) is 1. The van der Waals surface area contributed by atoms with Crippen LogP contribution in [0.25, 0.3) is 10.8 Å². The number of rotatable bonds is 1. The van der Waals surface area contributed by atoms with Gasteiger partial charge in [-0.25, -0.2) is 0 Å². The van der Waals surface area contributed by atoms with E-state index in [1.54, 1.807) is 0 Å². The molecule has 0 spiro atoms. The van der Waals surface area contributed by atoms with Crippen LogP contribution in [0, 0.1) is 5.92 Å². The Morgan fingerprint density at radius 2 is 1.83 bits per heavy atom. The van der Waals surface area contributed by atoms with Crippen LogP contribution in [0.3, 0.4) is 0 Å². The van der Waals surface area contributed by atoms with E-state index in [-0.39, 0.29) is 17.9 Å². The van der Waals surface area contributed by atoms with Gasteiger partial charge in [0.2, 0.25) is 5.91 Å². The first kappa shape index (κ1) is 11.0. The Bertz CT molecular complexity index is 644. The van der Waals surface area contributed by atoms with Crippen LogP contribution < -0.4 is 5.32 Å². The summed E-state index contributed by atoms with van der Waals surface area (Å²) in [6.45, 7) is 5.88. The van der Waals surface area contributed by atoms with Crippen LogP contribution in [-0.2, 0) is 4.79 Å². The van der Waals surface area contributed by atoms with E-state index in [2.05, 4.69) is 42.2 Å². The molecule has 2 nitrogen and oxygen atoms in total. The molecule has 1 aliphatic heterocycles. The Labute approximate surface area is 106 Å². The monoisotopic (exact) mass is 237 g/mol. The van der Waals surface area contributed by atoms with Crippen molar-refractivity contribution in [1.29, 1.82) is 0 Å². The Morgan fingerprint density at radius 1 is 1.11 bits per heavy atom. The average molecular weight is 237 g/mol. The smallest absolute Gasteiger partial charge is 0.247 e. The summed E-state index contributed by atoms with van der Waals surface area (Å²) in [5, 5.41) is 5.42. The fourth-order valence-electron chi connectivity index (χ4n) is 2.54. The van der Waals surface area contributed by atoms with Crippen LogP contribution in [0.4, 0.5) is 0 Å². The summed E-state index contributed by atoms with van der Waals surface area (Å²) in [6, 6.07) is 14.6. The molecule has 2 aromatic carbocycles. The number of hydrogen-bond donors (Lipinski definition) is 1. The minimum atomic E-state index is -0.0272. The van der Waals surface area contributed by atoms with E-state index in [1.807, 2.05) is 19.1 Å². The molecule has 0 unspecified atom stereocenters. The molecule has 2 atom stereocenters. The van der Waals surface area contributed by atoms with Crippen molar-refractivity contribution in [2.24, 2.45) is 5.92 Å². The molecule has 1 fully saturated rings. The van der Waals surface area contributed by atoms with Crippen molar-refractivity contribution in [2.45, 2.75) is 13.0 Å². The van der Waals surface area contributed by atoms with Crippen LogP contribution in [-0.4, -0.2) is 5.91 Å². The van der Waals surface area contributed by atoms with Crippen molar-refractivity contribution >= 4 is 16.7 Å². The van der Waals surface area contributed by atoms with Crippen molar-refractivity contribution in [1.82, 2.24) is 5.32 Å². The number of carbonyl (C=O) groups is 1. The summed E-state index contributed by atoms with van der Waals surface area (Å²) >= 11 is 0. The maximum absolute atomic E-state index is 11.6.